The Morgan fingerprint density at radius 2 is 2.25 bits per heavy atom. The SMILES string of the molecule is CC1(C)CN(C(=O)c2ccnc(-c3ncc[nH]3)c2)C1C1CCCO1. The van der Waals surface area contributed by atoms with Gasteiger partial charge in [-0.15, -0.1) is 0 Å². The number of aromatic amines is 1. The monoisotopic (exact) mass is 326 g/mol. The molecule has 2 fully saturated rings. The van der Waals surface area contributed by atoms with Gasteiger partial charge in [-0.2, -0.15) is 0 Å². The first-order chi connectivity index (χ1) is 11.6. The maximum atomic E-state index is 13.0. The minimum atomic E-state index is 0.0463. The smallest absolute Gasteiger partial charge is 0.254 e. The molecule has 2 aromatic rings. The van der Waals surface area contributed by atoms with Crippen LogP contribution >= 0.6 is 0 Å². The number of likely N-dealkylation sites (tertiary alicyclic amines) is 1. The van der Waals surface area contributed by atoms with Crippen LogP contribution in [0.5, 0.6) is 0 Å². The van der Waals surface area contributed by atoms with Crippen molar-refractivity contribution in [3.63, 3.8) is 0 Å². The molecule has 4 heterocycles. The van der Waals surface area contributed by atoms with E-state index in [1.807, 2.05) is 4.90 Å². The van der Waals surface area contributed by atoms with Gasteiger partial charge in [0.25, 0.3) is 5.91 Å². The van der Waals surface area contributed by atoms with Gasteiger partial charge in [0.2, 0.25) is 0 Å². The minimum Gasteiger partial charge on any atom is -0.376 e. The van der Waals surface area contributed by atoms with Crippen molar-refractivity contribution in [2.24, 2.45) is 5.41 Å². The van der Waals surface area contributed by atoms with E-state index in [1.165, 1.54) is 0 Å². The van der Waals surface area contributed by atoms with Gasteiger partial charge in [0.05, 0.1) is 12.1 Å². The van der Waals surface area contributed by atoms with Gasteiger partial charge in [0, 0.05) is 42.7 Å². The Morgan fingerprint density at radius 3 is 2.92 bits per heavy atom. The third-order valence-electron chi connectivity index (χ3n) is 5.04. The molecule has 2 atom stereocenters. The highest BCUT2D eigenvalue weighted by atomic mass is 16.5. The number of nitrogens with one attached hydrogen (secondary N) is 1. The number of pyridine rings is 1. The summed E-state index contributed by atoms with van der Waals surface area (Å²) < 4.78 is 5.87. The summed E-state index contributed by atoms with van der Waals surface area (Å²) in [5.74, 6) is 0.717. The summed E-state index contributed by atoms with van der Waals surface area (Å²) >= 11 is 0. The van der Waals surface area contributed by atoms with Crippen LogP contribution in [-0.2, 0) is 4.74 Å². The molecular weight excluding hydrogens is 304 g/mol. The Balaban J connectivity index is 1.58. The van der Waals surface area contributed by atoms with E-state index in [-0.39, 0.29) is 23.5 Å². The van der Waals surface area contributed by atoms with Crippen LogP contribution in [0, 0.1) is 5.41 Å². The van der Waals surface area contributed by atoms with Crippen LogP contribution in [-0.4, -0.2) is 51.1 Å². The van der Waals surface area contributed by atoms with E-state index in [1.54, 1.807) is 30.7 Å². The molecule has 0 aromatic carbocycles. The molecule has 0 bridgehead atoms. The molecular formula is C18H22N4O2. The summed E-state index contributed by atoms with van der Waals surface area (Å²) in [4.78, 5) is 26.5. The summed E-state index contributed by atoms with van der Waals surface area (Å²) in [5.41, 5.74) is 1.43. The second-order valence-corrected chi connectivity index (χ2v) is 7.29. The van der Waals surface area contributed by atoms with Crippen molar-refractivity contribution in [3.05, 3.63) is 36.3 Å². The summed E-state index contributed by atoms with van der Waals surface area (Å²) in [7, 11) is 0. The minimum absolute atomic E-state index is 0.0463. The number of aromatic nitrogens is 3. The number of carbonyl (C=O) groups is 1. The lowest BCUT2D eigenvalue weighted by Crippen LogP contribution is -2.68. The average Bonchev–Trinajstić information content (AvgIpc) is 3.26. The van der Waals surface area contributed by atoms with Crippen molar-refractivity contribution >= 4 is 5.91 Å². The standard InChI is InChI=1S/C18H22N4O2/c1-18(2)11-22(15(18)14-4-3-9-24-14)17(23)12-5-6-19-13(10-12)16-20-7-8-21-16/h5-8,10,14-15H,3-4,9,11H2,1-2H3,(H,20,21). The van der Waals surface area contributed by atoms with E-state index in [0.29, 0.717) is 17.1 Å². The van der Waals surface area contributed by atoms with Gasteiger partial charge >= 0.3 is 0 Å². The summed E-state index contributed by atoms with van der Waals surface area (Å²) in [6, 6.07) is 3.72. The summed E-state index contributed by atoms with van der Waals surface area (Å²) in [6.07, 6.45) is 7.36. The number of H-pyrrole nitrogens is 1. The van der Waals surface area contributed by atoms with Crippen molar-refractivity contribution in [1.29, 1.82) is 0 Å². The van der Waals surface area contributed by atoms with Crippen molar-refractivity contribution in [3.8, 4) is 11.5 Å². The maximum Gasteiger partial charge on any atom is 0.254 e. The second-order valence-electron chi connectivity index (χ2n) is 7.29. The molecule has 0 saturated carbocycles. The highest BCUT2D eigenvalue weighted by Crippen LogP contribution is 2.43. The first kappa shape index (κ1) is 15.3. The molecule has 0 spiro atoms. The predicted octanol–water partition coefficient (Wildman–Crippen LogP) is 2.50. The molecule has 1 amide bonds. The second kappa shape index (κ2) is 5.70. The van der Waals surface area contributed by atoms with Crippen molar-refractivity contribution in [2.45, 2.75) is 38.8 Å². The van der Waals surface area contributed by atoms with Crippen LogP contribution < -0.4 is 0 Å². The molecule has 0 aliphatic carbocycles. The average molecular weight is 326 g/mol. The Kier molecular flexibility index (Phi) is 3.64. The van der Waals surface area contributed by atoms with Crippen molar-refractivity contribution < 1.29 is 9.53 Å². The molecule has 4 rings (SSSR count). The lowest BCUT2D eigenvalue weighted by Gasteiger charge is -2.56. The number of imidazole rings is 1. The molecule has 1 N–H and O–H groups in total. The van der Waals surface area contributed by atoms with Gasteiger partial charge < -0.3 is 14.6 Å². The Morgan fingerprint density at radius 1 is 1.38 bits per heavy atom. The molecule has 6 nitrogen and oxygen atoms in total. The predicted molar refractivity (Wildman–Crippen MR) is 89.4 cm³/mol. The molecule has 126 valence electrons. The third kappa shape index (κ3) is 2.51. The number of carbonyl (C=O) groups excluding carboxylic acids is 1. The quantitative estimate of drug-likeness (QED) is 0.941. The first-order valence-electron chi connectivity index (χ1n) is 8.45. The number of amides is 1. The normalized spacial score (nSPS) is 25.5. The highest BCUT2D eigenvalue weighted by Gasteiger charge is 2.52. The fourth-order valence-electron chi connectivity index (χ4n) is 3.96. The number of nitrogens with zero attached hydrogens (tertiary/aromatic N) is 3. The summed E-state index contributed by atoms with van der Waals surface area (Å²) in [6.45, 7) is 5.99. The largest absolute Gasteiger partial charge is 0.376 e. The molecule has 2 aliphatic heterocycles. The first-order valence-corrected chi connectivity index (χ1v) is 8.45. The Bertz CT molecular complexity index is 735. The molecule has 2 aliphatic rings. The number of rotatable bonds is 3. The van der Waals surface area contributed by atoms with Gasteiger partial charge in [0.1, 0.15) is 5.69 Å². The molecule has 2 saturated heterocycles. The van der Waals surface area contributed by atoms with Crippen LogP contribution in [0.25, 0.3) is 11.5 Å². The van der Waals surface area contributed by atoms with Crippen LogP contribution in [0.2, 0.25) is 0 Å². The van der Waals surface area contributed by atoms with E-state index >= 15 is 0 Å². The van der Waals surface area contributed by atoms with Gasteiger partial charge in [-0.3, -0.25) is 9.78 Å². The van der Waals surface area contributed by atoms with Crippen molar-refractivity contribution in [1.82, 2.24) is 19.9 Å². The fourth-order valence-corrected chi connectivity index (χ4v) is 3.96. The topological polar surface area (TPSA) is 71.1 Å². The van der Waals surface area contributed by atoms with E-state index in [4.69, 9.17) is 4.74 Å². The molecule has 24 heavy (non-hydrogen) atoms. The van der Waals surface area contributed by atoms with E-state index in [0.717, 1.165) is 26.0 Å². The van der Waals surface area contributed by atoms with Gasteiger partial charge in [-0.05, 0) is 25.0 Å². The number of hydrogen-bond donors (Lipinski definition) is 1. The number of ether oxygens (including phenoxy) is 1. The summed E-state index contributed by atoms with van der Waals surface area (Å²) in [5, 5.41) is 0. The number of hydrogen-bond acceptors (Lipinski definition) is 4. The molecule has 6 heteroatoms. The maximum absolute atomic E-state index is 13.0. The third-order valence-corrected chi connectivity index (χ3v) is 5.04. The van der Waals surface area contributed by atoms with E-state index < -0.39 is 0 Å². The molecule has 2 unspecified atom stereocenters. The molecule has 0 radical (unpaired) electrons. The van der Waals surface area contributed by atoms with Crippen molar-refractivity contribution in [2.75, 3.05) is 13.2 Å². The van der Waals surface area contributed by atoms with Gasteiger partial charge in [0.15, 0.2) is 5.82 Å². The zero-order valence-electron chi connectivity index (χ0n) is 14.0. The van der Waals surface area contributed by atoms with Crippen LogP contribution in [0.4, 0.5) is 0 Å². The van der Waals surface area contributed by atoms with E-state index in [9.17, 15) is 4.79 Å². The lowest BCUT2D eigenvalue weighted by molar-refractivity contribution is -0.0961. The fraction of sp³-hybridized carbons (Fsp3) is 0.500. The highest BCUT2D eigenvalue weighted by molar-refractivity contribution is 5.96. The molecule has 2 aromatic heterocycles. The lowest BCUT2D eigenvalue weighted by atomic mass is 9.71. The Labute approximate surface area is 141 Å². The van der Waals surface area contributed by atoms with Crippen LogP contribution in [0.15, 0.2) is 30.7 Å². The zero-order chi connectivity index (χ0) is 16.7. The van der Waals surface area contributed by atoms with Crippen LogP contribution in [0.3, 0.4) is 0 Å². The van der Waals surface area contributed by atoms with Gasteiger partial charge in [-0.1, -0.05) is 13.8 Å². The Hall–Kier alpha value is -2.21. The van der Waals surface area contributed by atoms with E-state index in [2.05, 4.69) is 28.8 Å². The van der Waals surface area contributed by atoms with Crippen LogP contribution in [0.1, 0.15) is 37.0 Å². The zero-order valence-corrected chi connectivity index (χ0v) is 14.0. The van der Waals surface area contributed by atoms with Gasteiger partial charge in [-0.25, -0.2) is 4.98 Å².